The average molecular weight is 275 g/mol. The molecule has 0 aliphatic carbocycles. The van der Waals surface area contributed by atoms with Crippen molar-refractivity contribution in [2.75, 3.05) is 5.32 Å². The van der Waals surface area contributed by atoms with Gasteiger partial charge in [-0.05, 0) is 49.2 Å². The molecule has 0 bridgehead atoms. The lowest BCUT2D eigenvalue weighted by molar-refractivity contribution is -0.111. The van der Waals surface area contributed by atoms with E-state index in [0.29, 0.717) is 5.69 Å². The van der Waals surface area contributed by atoms with Crippen molar-refractivity contribution in [2.24, 2.45) is 0 Å². The third kappa shape index (κ3) is 4.09. The van der Waals surface area contributed by atoms with Gasteiger partial charge in [-0.3, -0.25) is 4.79 Å². The Bertz CT molecular complexity index is 735. The molecular formula is C19H17NO. The summed E-state index contributed by atoms with van der Waals surface area (Å²) in [6.07, 6.45) is 8.68. The van der Waals surface area contributed by atoms with Crippen LogP contribution in [0.2, 0.25) is 0 Å². The summed E-state index contributed by atoms with van der Waals surface area (Å²) in [6.45, 7) is 4.08. The predicted octanol–water partition coefficient (Wildman–Crippen LogP) is 3.94. The second-order valence-corrected chi connectivity index (χ2v) is 4.91. The maximum Gasteiger partial charge on any atom is 0.248 e. The highest BCUT2D eigenvalue weighted by atomic mass is 16.1. The molecule has 21 heavy (non-hydrogen) atoms. The summed E-state index contributed by atoms with van der Waals surface area (Å²) in [7, 11) is 0. The largest absolute Gasteiger partial charge is 0.322 e. The first-order valence-corrected chi connectivity index (χ1v) is 6.71. The maximum atomic E-state index is 11.9. The Balaban J connectivity index is 2.07. The number of carbonyl (C=O) groups excluding carboxylic acids is 1. The van der Waals surface area contributed by atoms with E-state index in [-0.39, 0.29) is 5.91 Å². The molecule has 2 rings (SSSR count). The van der Waals surface area contributed by atoms with Gasteiger partial charge in [-0.15, -0.1) is 6.42 Å². The minimum atomic E-state index is -0.177. The van der Waals surface area contributed by atoms with Crippen LogP contribution in [-0.2, 0) is 4.79 Å². The molecule has 0 radical (unpaired) electrons. The summed E-state index contributed by atoms with van der Waals surface area (Å²) >= 11 is 0. The van der Waals surface area contributed by atoms with Crippen LogP contribution in [0.4, 0.5) is 5.69 Å². The number of amides is 1. The number of anilines is 1. The topological polar surface area (TPSA) is 29.1 Å². The molecular weight excluding hydrogens is 258 g/mol. The van der Waals surface area contributed by atoms with Gasteiger partial charge in [-0.2, -0.15) is 0 Å². The number of aryl methyl sites for hydroxylation is 2. The normalized spacial score (nSPS) is 10.3. The van der Waals surface area contributed by atoms with Crippen molar-refractivity contribution in [3.05, 3.63) is 70.8 Å². The van der Waals surface area contributed by atoms with Crippen molar-refractivity contribution in [1.82, 2.24) is 0 Å². The Hall–Kier alpha value is -2.79. The highest BCUT2D eigenvalue weighted by Gasteiger charge is 1.99. The van der Waals surface area contributed by atoms with Gasteiger partial charge >= 0.3 is 0 Å². The lowest BCUT2D eigenvalue weighted by Gasteiger charge is -2.03. The molecule has 0 heterocycles. The molecule has 0 aromatic heterocycles. The van der Waals surface area contributed by atoms with Crippen LogP contribution < -0.4 is 5.32 Å². The van der Waals surface area contributed by atoms with E-state index in [2.05, 4.69) is 17.3 Å². The summed E-state index contributed by atoms with van der Waals surface area (Å²) in [5.74, 6) is 2.37. The molecule has 2 nitrogen and oxygen atoms in total. The fourth-order valence-corrected chi connectivity index (χ4v) is 2.05. The van der Waals surface area contributed by atoms with E-state index in [1.807, 2.05) is 50.3 Å². The van der Waals surface area contributed by atoms with Gasteiger partial charge in [0.1, 0.15) is 0 Å². The Morgan fingerprint density at radius 2 is 2.00 bits per heavy atom. The molecule has 1 N–H and O–H groups in total. The van der Waals surface area contributed by atoms with Gasteiger partial charge in [0.25, 0.3) is 0 Å². The van der Waals surface area contributed by atoms with E-state index in [0.717, 1.165) is 16.7 Å². The van der Waals surface area contributed by atoms with E-state index >= 15 is 0 Å². The molecule has 0 atom stereocenters. The molecule has 0 spiro atoms. The van der Waals surface area contributed by atoms with E-state index in [1.165, 1.54) is 11.6 Å². The van der Waals surface area contributed by atoms with Crippen molar-refractivity contribution in [3.63, 3.8) is 0 Å². The molecule has 1 amide bonds. The number of hydrogen-bond donors (Lipinski definition) is 1. The number of benzene rings is 2. The predicted molar refractivity (Wildman–Crippen MR) is 88.0 cm³/mol. The number of nitrogens with one attached hydrogen (secondary N) is 1. The van der Waals surface area contributed by atoms with Gasteiger partial charge in [0.05, 0.1) is 0 Å². The monoisotopic (exact) mass is 275 g/mol. The smallest absolute Gasteiger partial charge is 0.248 e. The van der Waals surface area contributed by atoms with Crippen LogP contribution in [-0.4, -0.2) is 5.91 Å². The van der Waals surface area contributed by atoms with Crippen molar-refractivity contribution in [2.45, 2.75) is 13.8 Å². The van der Waals surface area contributed by atoms with E-state index in [4.69, 9.17) is 6.42 Å². The van der Waals surface area contributed by atoms with Crippen LogP contribution in [0.5, 0.6) is 0 Å². The molecule has 104 valence electrons. The molecule has 2 heteroatoms. The van der Waals surface area contributed by atoms with Gasteiger partial charge in [0, 0.05) is 17.3 Å². The van der Waals surface area contributed by atoms with Gasteiger partial charge in [0.2, 0.25) is 5.91 Å². The van der Waals surface area contributed by atoms with Crippen molar-refractivity contribution in [1.29, 1.82) is 0 Å². The number of rotatable bonds is 3. The highest BCUT2D eigenvalue weighted by molar-refractivity contribution is 6.02. The molecule has 0 aliphatic heterocycles. The molecule has 0 aliphatic rings. The van der Waals surface area contributed by atoms with Crippen molar-refractivity contribution >= 4 is 17.7 Å². The zero-order valence-electron chi connectivity index (χ0n) is 12.2. The van der Waals surface area contributed by atoms with Crippen LogP contribution in [0.15, 0.2) is 48.5 Å². The van der Waals surface area contributed by atoms with Gasteiger partial charge in [-0.25, -0.2) is 0 Å². The first kappa shape index (κ1) is 14.6. The van der Waals surface area contributed by atoms with Gasteiger partial charge in [0.15, 0.2) is 0 Å². The van der Waals surface area contributed by atoms with Crippen LogP contribution in [0.1, 0.15) is 22.3 Å². The van der Waals surface area contributed by atoms with E-state index in [9.17, 15) is 4.79 Å². The third-order valence-corrected chi connectivity index (χ3v) is 3.14. The first-order valence-electron chi connectivity index (χ1n) is 6.71. The summed E-state index contributed by atoms with van der Waals surface area (Å²) in [6, 6.07) is 13.3. The first-order chi connectivity index (χ1) is 10.1. The second kappa shape index (κ2) is 6.58. The lowest BCUT2D eigenvalue weighted by Crippen LogP contribution is -2.07. The minimum Gasteiger partial charge on any atom is -0.322 e. The molecule has 0 unspecified atom stereocenters. The zero-order chi connectivity index (χ0) is 15.2. The van der Waals surface area contributed by atoms with Crippen molar-refractivity contribution in [3.8, 4) is 12.3 Å². The van der Waals surface area contributed by atoms with Gasteiger partial charge in [-0.1, -0.05) is 35.7 Å². The SMILES string of the molecule is C#Cc1cccc(NC(=O)/C=C/c2ccc(C)cc2C)c1. The highest BCUT2D eigenvalue weighted by Crippen LogP contribution is 2.13. The summed E-state index contributed by atoms with van der Waals surface area (Å²) in [5, 5.41) is 2.80. The Morgan fingerprint density at radius 3 is 2.71 bits per heavy atom. The summed E-state index contributed by atoms with van der Waals surface area (Å²) in [4.78, 5) is 11.9. The quantitative estimate of drug-likeness (QED) is 0.667. The second-order valence-electron chi connectivity index (χ2n) is 4.91. The average Bonchev–Trinajstić information content (AvgIpc) is 2.46. The minimum absolute atomic E-state index is 0.177. The van der Waals surface area contributed by atoms with E-state index in [1.54, 1.807) is 6.07 Å². The Kier molecular flexibility index (Phi) is 4.58. The zero-order valence-corrected chi connectivity index (χ0v) is 12.2. The fourth-order valence-electron chi connectivity index (χ4n) is 2.05. The summed E-state index contributed by atoms with van der Waals surface area (Å²) < 4.78 is 0. The summed E-state index contributed by atoms with van der Waals surface area (Å²) in [5.41, 5.74) is 4.83. The fraction of sp³-hybridized carbons (Fsp3) is 0.105. The molecule has 2 aromatic carbocycles. The van der Waals surface area contributed by atoms with Crippen LogP contribution in [0.25, 0.3) is 6.08 Å². The number of carbonyl (C=O) groups is 1. The lowest BCUT2D eigenvalue weighted by atomic mass is 10.1. The van der Waals surface area contributed by atoms with Crippen LogP contribution in [0, 0.1) is 26.2 Å². The molecule has 0 saturated heterocycles. The Labute approximate surface area is 125 Å². The maximum absolute atomic E-state index is 11.9. The van der Waals surface area contributed by atoms with Crippen LogP contribution in [0.3, 0.4) is 0 Å². The van der Waals surface area contributed by atoms with Crippen molar-refractivity contribution < 1.29 is 4.79 Å². The number of hydrogen-bond acceptors (Lipinski definition) is 1. The molecule has 0 fully saturated rings. The molecule has 2 aromatic rings. The number of terminal acetylenes is 1. The van der Waals surface area contributed by atoms with Gasteiger partial charge < -0.3 is 5.32 Å². The van der Waals surface area contributed by atoms with E-state index < -0.39 is 0 Å². The standard InChI is InChI=1S/C19H17NO/c1-4-16-6-5-7-18(13-16)20-19(21)11-10-17-9-8-14(2)12-15(17)3/h1,5-13H,2-3H3,(H,20,21)/b11-10+. The third-order valence-electron chi connectivity index (χ3n) is 3.14. The van der Waals surface area contributed by atoms with Crippen LogP contribution >= 0.6 is 0 Å². The molecule has 0 saturated carbocycles. The Morgan fingerprint density at radius 1 is 1.19 bits per heavy atom.